The maximum absolute atomic E-state index is 13.2. The first-order valence-electron chi connectivity index (χ1n) is 4.79. The minimum Gasteiger partial charge on any atom is -0.437 e. The number of hydrogen-bond acceptors (Lipinski definition) is 3. The molecule has 3 nitrogen and oxygen atoms in total. The van der Waals surface area contributed by atoms with Crippen LogP contribution in [0.15, 0.2) is 30.5 Å². The smallest absolute Gasteiger partial charge is 0.239 e. The predicted octanol–water partition coefficient (Wildman–Crippen LogP) is 4.19. The molecule has 90 valence electrons. The van der Waals surface area contributed by atoms with Crippen molar-refractivity contribution in [1.82, 2.24) is 4.98 Å². The third kappa shape index (κ3) is 2.53. The van der Waals surface area contributed by atoms with E-state index in [0.29, 0.717) is 0 Å². The van der Waals surface area contributed by atoms with Crippen molar-refractivity contribution in [2.75, 3.05) is 0 Å². The van der Waals surface area contributed by atoms with E-state index in [0.717, 1.165) is 6.07 Å². The SMILES string of the molecule is N#Cc1ccnc(Oc2ccc(Cl)c(F)c2)c1Cl. The summed E-state index contributed by atoms with van der Waals surface area (Å²) >= 11 is 11.4. The highest BCUT2D eigenvalue weighted by molar-refractivity contribution is 6.33. The molecular weight excluding hydrogens is 278 g/mol. The van der Waals surface area contributed by atoms with Gasteiger partial charge in [-0.1, -0.05) is 23.2 Å². The van der Waals surface area contributed by atoms with Gasteiger partial charge in [-0.15, -0.1) is 0 Å². The Bertz CT molecular complexity index is 640. The molecule has 0 aliphatic carbocycles. The van der Waals surface area contributed by atoms with Gasteiger partial charge in [-0.2, -0.15) is 5.26 Å². The van der Waals surface area contributed by atoms with Gasteiger partial charge in [0.05, 0.1) is 10.6 Å². The van der Waals surface area contributed by atoms with E-state index in [2.05, 4.69) is 4.98 Å². The molecule has 2 rings (SSSR count). The van der Waals surface area contributed by atoms with E-state index >= 15 is 0 Å². The minimum absolute atomic E-state index is 0.00724. The van der Waals surface area contributed by atoms with Crippen molar-refractivity contribution in [2.45, 2.75) is 0 Å². The van der Waals surface area contributed by atoms with E-state index in [9.17, 15) is 4.39 Å². The zero-order valence-corrected chi connectivity index (χ0v) is 10.3. The molecule has 18 heavy (non-hydrogen) atoms. The van der Waals surface area contributed by atoms with Crippen LogP contribution in [0.25, 0.3) is 0 Å². The highest BCUT2D eigenvalue weighted by Crippen LogP contribution is 2.30. The monoisotopic (exact) mass is 282 g/mol. The average Bonchev–Trinajstić information content (AvgIpc) is 2.36. The number of nitrogens with zero attached hydrogens (tertiary/aromatic N) is 2. The fraction of sp³-hybridized carbons (Fsp3) is 0. The standard InChI is InChI=1S/C12H5Cl2FN2O/c13-9-2-1-8(5-10(9)15)18-12-11(14)7(6-16)3-4-17-12/h1-5H. The van der Waals surface area contributed by atoms with Gasteiger partial charge >= 0.3 is 0 Å². The molecule has 0 fully saturated rings. The molecule has 1 heterocycles. The molecule has 0 radical (unpaired) electrons. The Kier molecular flexibility index (Phi) is 3.66. The van der Waals surface area contributed by atoms with Crippen molar-refractivity contribution in [3.63, 3.8) is 0 Å². The molecule has 2 aromatic rings. The molecule has 0 bridgehead atoms. The third-order valence-corrected chi connectivity index (χ3v) is 2.76. The summed E-state index contributed by atoms with van der Waals surface area (Å²) in [6, 6.07) is 7.29. The maximum Gasteiger partial charge on any atom is 0.239 e. The lowest BCUT2D eigenvalue weighted by Crippen LogP contribution is -1.91. The number of ether oxygens (including phenoxy) is 1. The van der Waals surface area contributed by atoms with Crippen molar-refractivity contribution in [1.29, 1.82) is 5.26 Å². The zero-order valence-electron chi connectivity index (χ0n) is 8.82. The van der Waals surface area contributed by atoms with E-state index < -0.39 is 5.82 Å². The van der Waals surface area contributed by atoms with Crippen LogP contribution in [-0.4, -0.2) is 4.98 Å². The number of nitriles is 1. The lowest BCUT2D eigenvalue weighted by Gasteiger charge is -2.07. The van der Waals surface area contributed by atoms with Crippen LogP contribution in [0.2, 0.25) is 10.0 Å². The second kappa shape index (κ2) is 5.21. The van der Waals surface area contributed by atoms with E-state index in [1.165, 1.54) is 24.4 Å². The highest BCUT2D eigenvalue weighted by atomic mass is 35.5. The average molecular weight is 283 g/mol. The number of rotatable bonds is 2. The second-order valence-corrected chi connectivity index (χ2v) is 4.05. The summed E-state index contributed by atoms with van der Waals surface area (Å²) in [4.78, 5) is 3.87. The molecule has 1 aromatic heterocycles. The Morgan fingerprint density at radius 3 is 2.72 bits per heavy atom. The normalized spacial score (nSPS) is 9.89. The molecule has 1 aromatic carbocycles. The van der Waals surface area contributed by atoms with Gasteiger partial charge in [-0.3, -0.25) is 0 Å². The van der Waals surface area contributed by atoms with Crippen LogP contribution in [0.3, 0.4) is 0 Å². The molecule has 0 spiro atoms. The topological polar surface area (TPSA) is 45.9 Å². The lowest BCUT2D eigenvalue weighted by molar-refractivity contribution is 0.458. The van der Waals surface area contributed by atoms with Gasteiger partial charge in [0.15, 0.2) is 0 Å². The van der Waals surface area contributed by atoms with Crippen molar-refractivity contribution in [3.8, 4) is 17.7 Å². The van der Waals surface area contributed by atoms with Crippen molar-refractivity contribution in [2.24, 2.45) is 0 Å². The summed E-state index contributed by atoms with van der Waals surface area (Å²) in [7, 11) is 0. The number of aromatic nitrogens is 1. The van der Waals surface area contributed by atoms with E-state index in [-0.39, 0.29) is 27.2 Å². The predicted molar refractivity (Wildman–Crippen MR) is 65.4 cm³/mol. The summed E-state index contributed by atoms with van der Waals surface area (Å²) in [5.74, 6) is -0.374. The first-order chi connectivity index (χ1) is 8.61. The van der Waals surface area contributed by atoms with Gasteiger partial charge in [0.1, 0.15) is 22.7 Å². The number of pyridine rings is 1. The van der Waals surface area contributed by atoms with E-state index in [1.807, 2.05) is 6.07 Å². The van der Waals surface area contributed by atoms with Crippen LogP contribution >= 0.6 is 23.2 Å². The third-order valence-electron chi connectivity index (χ3n) is 2.08. The molecule has 0 unspecified atom stereocenters. The van der Waals surface area contributed by atoms with Gasteiger partial charge < -0.3 is 4.74 Å². The van der Waals surface area contributed by atoms with Gasteiger partial charge in [0.25, 0.3) is 0 Å². The van der Waals surface area contributed by atoms with Crippen LogP contribution in [-0.2, 0) is 0 Å². The van der Waals surface area contributed by atoms with Crippen molar-refractivity contribution >= 4 is 23.2 Å². The quantitative estimate of drug-likeness (QED) is 0.830. The van der Waals surface area contributed by atoms with Crippen LogP contribution in [0, 0.1) is 17.1 Å². The van der Waals surface area contributed by atoms with Crippen molar-refractivity contribution in [3.05, 3.63) is 51.9 Å². The highest BCUT2D eigenvalue weighted by Gasteiger charge is 2.10. The number of benzene rings is 1. The minimum atomic E-state index is -0.610. The Labute approximate surface area is 112 Å². The van der Waals surface area contributed by atoms with Crippen LogP contribution in [0.4, 0.5) is 4.39 Å². The van der Waals surface area contributed by atoms with Gasteiger partial charge in [-0.05, 0) is 18.2 Å². The Morgan fingerprint density at radius 2 is 2.06 bits per heavy atom. The summed E-state index contributed by atoms with van der Waals surface area (Å²) < 4.78 is 18.5. The first-order valence-corrected chi connectivity index (χ1v) is 5.55. The summed E-state index contributed by atoms with van der Waals surface area (Å²) in [6.45, 7) is 0. The van der Waals surface area contributed by atoms with E-state index in [4.69, 9.17) is 33.2 Å². The van der Waals surface area contributed by atoms with Crippen LogP contribution in [0.5, 0.6) is 11.6 Å². The Hall–Kier alpha value is -1.83. The molecule has 0 aliphatic rings. The van der Waals surface area contributed by atoms with Gasteiger partial charge in [-0.25, -0.2) is 9.37 Å². The number of hydrogen-bond donors (Lipinski definition) is 0. The van der Waals surface area contributed by atoms with Gasteiger partial charge in [0.2, 0.25) is 5.88 Å². The van der Waals surface area contributed by atoms with Gasteiger partial charge in [0, 0.05) is 12.3 Å². The van der Waals surface area contributed by atoms with Crippen LogP contribution < -0.4 is 4.74 Å². The molecular formula is C12H5Cl2FN2O. The fourth-order valence-corrected chi connectivity index (χ4v) is 1.54. The summed E-state index contributed by atoms with van der Waals surface area (Å²) in [5, 5.41) is 8.87. The Morgan fingerprint density at radius 1 is 1.28 bits per heavy atom. The fourth-order valence-electron chi connectivity index (χ4n) is 1.23. The second-order valence-electron chi connectivity index (χ2n) is 3.27. The molecule has 0 saturated carbocycles. The first kappa shape index (κ1) is 12.6. The van der Waals surface area contributed by atoms with E-state index in [1.54, 1.807) is 0 Å². The van der Waals surface area contributed by atoms with Crippen molar-refractivity contribution < 1.29 is 9.13 Å². The zero-order chi connectivity index (χ0) is 13.1. The molecule has 0 amide bonds. The molecule has 0 N–H and O–H groups in total. The molecule has 0 aliphatic heterocycles. The number of halogens is 3. The Balaban J connectivity index is 2.35. The molecule has 0 atom stereocenters. The largest absolute Gasteiger partial charge is 0.437 e. The molecule has 6 heteroatoms. The maximum atomic E-state index is 13.2. The van der Waals surface area contributed by atoms with Crippen LogP contribution in [0.1, 0.15) is 5.56 Å². The molecule has 0 saturated heterocycles. The lowest BCUT2D eigenvalue weighted by atomic mass is 10.3. The summed E-state index contributed by atoms with van der Waals surface area (Å²) in [5.41, 5.74) is 0.233. The summed E-state index contributed by atoms with van der Waals surface area (Å²) in [6.07, 6.45) is 1.38.